The summed E-state index contributed by atoms with van der Waals surface area (Å²) in [6, 6.07) is 13.6. The molecular weight excluding hydrogens is 486 g/mol. The van der Waals surface area contributed by atoms with Crippen LogP contribution in [-0.2, 0) is 4.74 Å². The van der Waals surface area contributed by atoms with Crippen LogP contribution in [0.4, 0.5) is 17.1 Å². The molecule has 9 nitrogen and oxygen atoms in total. The first-order valence-corrected chi connectivity index (χ1v) is 13.0. The molecule has 3 aromatic rings. The molecular formula is C29H33N3O6. The molecule has 5 rings (SSSR count). The molecule has 4 unspecified atom stereocenters. The molecule has 0 spiro atoms. The lowest BCUT2D eigenvalue weighted by Gasteiger charge is -2.29. The molecule has 2 heterocycles. The molecule has 0 bridgehead atoms. The number of nitrogens with zero attached hydrogens (tertiary/aromatic N) is 1. The number of fused-ring (bicyclic) bond motifs is 1. The molecule has 200 valence electrons. The first kappa shape index (κ1) is 25.9. The van der Waals surface area contributed by atoms with Crippen molar-refractivity contribution in [2.24, 2.45) is 5.92 Å². The average Bonchev–Trinajstić information content (AvgIpc) is 3.40. The van der Waals surface area contributed by atoms with Crippen molar-refractivity contribution in [2.75, 3.05) is 23.8 Å². The Balaban J connectivity index is 1.38. The summed E-state index contributed by atoms with van der Waals surface area (Å²) >= 11 is 0. The largest absolute Gasteiger partial charge is 0.505 e. The third-order valence-corrected chi connectivity index (χ3v) is 7.76. The SMILES string of the molecule is CCC(Nc1c(Nc2cccc(C(=O)N3CC4OC(C)(C)CC4C3CO)c2O)c(=O)c1=O)c1ccccc1. The number of aliphatic hydroxyl groups excluding tert-OH is 1. The van der Waals surface area contributed by atoms with Crippen LogP contribution in [0.3, 0.4) is 0 Å². The van der Waals surface area contributed by atoms with Gasteiger partial charge in [0.2, 0.25) is 0 Å². The Morgan fingerprint density at radius 3 is 2.50 bits per heavy atom. The van der Waals surface area contributed by atoms with E-state index in [0.29, 0.717) is 13.0 Å². The lowest BCUT2D eigenvalue weighted by molar-refractivity contribution is -0.0188. The minimum Gasteiger partial charge on any atom is -0.505 e. The maximum atomic E-state index is 13.5. The van der Waals surface area contributed by atoms with E-state index in [1.54, 1.807) is 11.0 Å². The van der Waals surface area contributed by atoms with Gasteiger partial charge in [-0.15, -0.1) is 0 Å². The Bertz CT molecular complexity index is 1410. The minimum atomic E-state index is -0.695. The molecule has 2 aliphatic rings. The molecule has 0 radical (unpaired) electrons. The molecule has 4 atom stereocenters. The highest BCUT2D eigenvalue weighted by atomic mass is 16.5. The fraction of sp³-hybridized carbons (Fsp3) is 0.414. The van der Waals surface area contributed by atoms with Gasteiger partial charge in [0.05, 0.1) is 41.6 Å². The lowest BCUT2D eigenvalue weighted by atomic mass is 9.91. The minimum absolute atomic E-state index is 0.0101. The standard InChI is InChI=1S/C29H33N3O6/c1-4-19(16-9-6-5-7-10-16)30-23-24(27(36)26(23)35)31-20-12-8-11-17(25(20)34)28(37)32-14-22-18(21(32)15-33)13-29(2,3)38-22/h5-12,18-19,21-22,30-31,33-34H,4,13-15H2,1-3H3. The Hall–Kier alpha value is -3.69. The van der Waals surface area contributed by atoms with Gasteiger partial charge in [-0.25, -0.2) is 0 Å². The number of hydrogen-bond donors (Lipinski definition) is 4. The molecule has 2 aliphatic heterocycles. The van der Waals surface area contributed by atoms with E-state index >= 15 is 0 Å². The maximum absolute atomic E-state index is 13.5. The normalized spacial score (nSPS) is 22.8. The van der Waals surface area contributed by atoms with Gasteiger partial charge in [-0.1, -0.05) is 43.3 Å². The van der Waals surface area contributed by atoms with Gasteiger partial charge < -0.3 is 30.5 Å². The number of likely N-dealkylation sites (tertiary alicyclic amines) is 1. The zero-order chi connectivity index (χ0) is 27.2. The third kappa shape index (κ3) is 4.46. The molecule has 0 aromatic heterocycles. The van der Waals surface area contributed by atoms with E-state index in [1.807, 2.05) is 51.1 Å². The van der Waals surface area contributed by atoms with E-state index in [4.69, 9.17) is 4.74 Å². The van der Waals surface area contributed by atoms with E-state index in [9.17, 15) is 24.6 Å². The summed E-state index contributed by atoms with van der Waals surface area (Å²) in [5.74, 6) is -0.753. The Kier molecular flexibility index (Phi) is 6.75. The second-order valence-corrected chi connectivity index (χ2v) is 10.7. The smallest absolute Gasteiger partial charge is 0.258 e. The molecule has 1 amide bonds. The molecule has 2 fully saturated rings. The number of benzene rings is 2. The fourth-order valence-electron chi connectivity index (χ4n) is 5.86. The van der Waals surface area contributed by atoms with Crippen LogP contribution >= 0.6 is 0 Å². The first-order valence-electron chi connectivity index (χ1n) is 13.0. The van der Waals surface area contributed by atoms with Gasteiger partial charge in [-0.05, 0) is 44.4 Å². The number of ether oxygens (including phenoxy) is 1. The monoisotopic (exact) mass is 519 g/mol. The quantitative estimate of drug-likeness (QED) is 0.264. The van der Waals surface area contributed by atoms with E-state index in [0.717, 1.165) is 12.0 Å². The third-order valence-electron chi connectivity index (χ3n) is 7.76. The highest BCUT2D eigenvalue weighted by Gasteiger charge is 2.52. The van der Waals surface area contributed by atoms with Crippen LogP contribution in [0, 0.1) is 5.92 Å². The van der Waals surface area contributed by atoms with E-state index in [-0.39, 0.29) is 58.6 Å². The van der Waals surface area contributed by atoms with Crippen molar-refractivity contribution in [3.63, 3.8) is 0 Å². The van der Waals surface area contributed by atoms with Gasteiger partial charge in [0.25, 0.3) is 16.8 Å². The zero-order valence-corrected chi connectivity index (χ0v) is 21.7. The lowest BCUT2D eigenvalue weighted by Crippen LogP contribution is -2.41. The zero-order valence-electron chi connectivity index (χ0n) is 21.7. The van der Waals surface area contributed by atoms with Gasteiger partial charge in [0, 0.05) is 12.5 Å². The Labute approximate surface area is 220 Å². The molecule has 9 heteroatoms. The second-order valence-electron chi connectivity index (χ2n) is 10.7. The highest BCUT2D eigenvalue weighted by molar-refractivity contribution is 5.99. The van der Waals surface area contributed by atoms with Crippen LogP contribution in [-0.4, -0.2) is 51.9 Å². The van der Waals surface area contributed by atoms with Crippen molar-refractivity contribution in [1.82, 2.24) is 4.90 Å². The van der Waals surface area contributed by atoms with Crippen LogP contribution in [0.15, 0.2) is 58.1 Å². The fourth-order valence-corrected chi connectivity index (χ4v) is 5.86. The number of hydrogen-bond acceptors (Lipinski definition) is 8. The predicted octanol–water partition coefficient (Wildman–Crippen LogP) is 3.30. The number of aliphatic hydroxyl groups is 1. The number of para-hydroxylation sites is 1. The van der Waals surface area contributed by atoms with Crippen LogP contribution in [0.1, 0.15) is 55.6 Å². The molecule has 0 saturated carbocycles. The number of carbonyl (C=O) groups is 1. The number of amides is 1. The summed E-state index contributed by atoms with van der Waals surface area (Å²) in [6.07, 6.45) is 1.23. The van der Waals surface area contributed by atoms with Gasteiger partial charge in [-0.2, -0.15) is 0 Å². The van der Waals surface area contributed by atoms with Gasteiger partial charge in [0.15, 0.2) is 5.75 Å². The highest BCUT2D eigenvalue weighted by Crippen LogP contribution is 2.44. The number of anilines is 3. The second kappa shape index (κ2) is 9.89. The van der Waals surface area contributed by atoms with Gasteiger partial charge >= 0.3 is 0 Å². The molecule has 3 aromatic carbocycles. The van der Waals surface area contributed by atoms with E-state index < -0.39 is 22.8 Å². The topological polar surface area (TPSA) is 128 Å². The van der Waals surface area contributed by atoms with E-state index in [1.165, 1.54) is 12.1 Å². The van der Waals surface area contributed by atoms with Gasteiger partial charge in [-0.3, -0.25) is 14.4 Å². The summed E-state index contributed by atoms with van der Waals surface area (Å²) in [5, 5.41) is 27.2. The van der Waals surface area contributed by atoms with Crippen molar-refractivity contribution in [2.45, 2.75) is 57.4 Å². The summed E-state index contributed by atoms with van der Waals surface area (Å²) < 4.78 is 6.09. The van der Waals surface area contributed by atoms with E-state index in [2.05, 4.69) is 10.6 Å². The average molecular weight is 520 g/mol. The summed E-state index contributed by atoms with van der Waals surface area (Å²) in [4.78, 5) is 39.9. The Morgan fingerprint density at radius 1 is 1.11 bits per heavy atom. The van der Waals surface area contributed by atoms with Crippen molar-refractivity contribution < 1.29 is 19.7 Å². The maximum Gasteiger partial charge on any atom is 0.258 e. The van der Waals surface area contributed by atoms with Gasteiger partial charge in [0.1, 0.15) is 11.4 Å². The summed E-state index contributed by atoms with van der Waals surface area (Å²) in [7, 11) is 0. The van der Waals surface area contributed by atoms with Crippen LogP contribution in [0.5, 0.6) is 5.75 Å². The predicted molar refractivity (Wildman–Crippen MR) is 145 cm³/mol. The van der Waals surface area contributed by atoms with Crippen LogP contribution < -0.4 is 21.5 Å². The Morgan fingerprint density at radius 2 is 1.82 bits per heavy atom. The molecule has 38 heavy (non-hydrogen) atoms. The number of rotatable bonds is 8. The van der Waals surface area contributed by atoms with Crippen molar-refractivity contribution >= 4 is 23.0 Å². The summed E-state index contributed by atoms with van der Waals surface area (Å²) in [6.45, 7) is 6.09. The van der Waals surface area contributed by atoms with Crippen molar-refractivity contribution in [3.8, 4) is 5.75 Å². The number of aromatic hydroxyl groups is 1. The van der Waals surface area contributed by atoms with Crippen molar-refractivity contribution in [1.29, 1.82) is 0 Å². The number of phenols is 1. The van der Waals surface area contributed by atoms with Crippen LogP contribution in [0.2, 0.25) is 0 Å². The number of nitrogens with one attached hydrogen (secondary N) is 2. The molecule has 2 saturated heterocycles. The summed E-state index contributed by atoms with van der Waals surface area (Å²) in [5.41, 5.74) is -0.297. The first-order chi connectivity index (χ1) is 18.1. The molecule has 4 N–H and O–H groups in total. The van der Waals surface area contributed by atoms with Crippen molar-refractivity contribution in [3.05, 3.63) is 80.1 Å². The number of carbonyl (C=O) groups excluding carboxylic acids is 1. The number of phenolic OH excluding ortho intramolecular Hbond substituents is 1. The van der Waals surface area contributed by atoms with Crippen LogP contribution in [0.25, 0.3) is 0 Å². The molecule has 0 aliphatic carbocycles.